The number of fused-ring (bicyclic) bond motifs is 12. The Morgan fingerprint density at radius 2 is 1.31 bits per heavy atom. The average molecular weight is 210 g/mol. The Morgan fingerprint density at radius 1 is 0.750 bits per heavy atom. The zero-order valence-electron chi connectivity index (χ0n) is 9.60. The third-order valence-electron chi connectivity index (χ3n) is 6.28. The first-order chi connectivity index (χ1) is 7.93. The second-order valence-corrected chi connectivity index (χ2v) is 6.57. The molecular formula is C16H18. The SMILES string of the molecule is c1ccc2c(c1)[C@@H]1C[C@@H]2[C@H]2[C@@H]3CC[C@H](C3)[C@@H]21. The molecule has 5 rings (SSSR count). The van der Waals surface area contributed by atoms with E-state index in [0.29, 0.717) is 0 Å². The fourth-order valence-corrected chi connectivity index (χ4v) is 6.02. The average Bonchev–Trinajstić information content (AvgIpc) is 3.07. The van der Waals surface area contributed by atoms with E-state index >= 15 is 0 Å². The van der Waals surface area contributed by atoms with Gasteiger partial charge in [-0.25, -0.2) is 0 Å². The molecule has 4 aliphatic rings. The van der Waals surface area contributed by atoms with E-state index in [-0.39, 0.29) is 0 Å². The molecule has 0 N–H and O–H groups in total. The molecule has 1 aromatic rings. The third-order valence-corrected chi connectivity index (χ3v) is 6.28. The fraction of sp³-hybridized carbons (Fsp3) is 0.625. The van der Waals surface area contributed by atoms with Crippen LogP contribution in [0, 0.1) is 23.7 Å². The molecule has 0 spiro atoms. The zero-order chi connectivity index (χ0) is 10.3. The molecule has 4 aliphatic carbocycles. The van der Waals surface area contributed by atoms with Crippen molar-refractivity contribution >= 4 is 0 Å². The molecule has 0 saturated heterocycles. The lowest BCUT2D eigenvalue weighted by molar-refractivity contribution is 0.218. The van der Waals surface area contributed by atoms with Crippen molar-refractivity contribution in [3.63, 3.8) is 0 Å². The Bertz CT molecular complexity index is 420. The van der Waals surface area contributed by atoms with Crippen LogP contribution in [-0.2, 0) is 0 Å². The van der Waals surface area contributed by atoms with Gasteiger partial charge < -0.3 is 0 Å². The van der Waals surface area contributed by atoms with Crippen molar-refractivity contribution in [3.05, 3.63) is 35.4 Å². The normalized spacial score (nSPS) is 50.8. The van der Waals surface area contributed by atoms with Gasteiger partial charge in [0, 0.05) is 0 Å². The summed E-state index contributed by atoms with van der Waals surface area (Å²) in [6, 6.07) is 9.34. The minimum atomic E-state index is 0.960. The van der Waals surface area contributed by atoms with Crippen LogP contribution >= 0.6 is 0 Å². The summed E-state index contributed by atoms with van der Waals surface area (Å²) in [6.45, 7) is 0. The summed E-state index contributed by atoms with van der Waals surface area (Å²) in [7, 11) is 0. The van der Waals surface area contributed by atoms with Crippen LogP contribution in [0.25, 0.3) is 0 Å². The van der Waals surface area contributed by atoms with E-state index in [0.717, 1.165) is 35.5 Å². The first-order valence-electron chi connectivity index (χ1n) is 7.02. The molecule has 16 heavy (non-hydrogen) atoms. The summed E-state index contributed by atoms with van der Waals surface area (Å²) in [5, 5.41) is 0. The number of hydrogen-bond acceptors (Lipinski definition) is 0. The second kappa shape index (κ2) is 2.55. The molecule has 3 fully saturated rings. The molecule has 4 bridgehead atoms. The predicted octanol–water partition coefficient (Wildman–Crippen LogP) is 3.93. The Hall–Kier alpha value is -0.780. The summed E-state index contributed by atoms with van der Waals surface area (Å²) < 4.78 is 0. The number of hydrogen-bond donors (Lipinski definition) is 0. The van der Waals surface area contributed by atoms with Crippen LogP contribution in [0.4, 0.5) is 0 Å². The van der Waals surface area contributed by atoms with Gasteiger partial charge in [0.1, 0.15) is 0 Å². The maximum atomic E-state index is 2.42. The molecule has 0 amide bonds. The highest BCUT2D eigenvalue weighted by Gasteiger charge is 2.61. The number of benzene rings is 1. The predicted molar refractivity (Wildman–Crippen MR) is 64.4 cm³/mol. The second-order valence-electron chi connectivity index (χ2n) is 6.57. The van der Waals surface area contributed by atoms with Gasteiger partial charge >= 0.3 is 0 Å². The maximum absolute atomic E-state index is 2.42. The lowest BCUT2D eigenvalue weighted by Crippen LogP contribution is -2.27. The van der Waals surface area contributed by atoms with Gasteiger partial charge in [0.05, 0.1) is 0 Å². The highest BCUT2D eigenvalue weighted by atomic mass is 14.6. The molecular weight excluding hydrogens is 192 g/mol. The molecule has 0 aliphatic heterocycles. The maximum Gasteiger partial charge on any atom is -0.0119 e. The van der Waals surface area contributed by atoms with Crippen molar-refractivity contribution in [2.45, 2.75) is 37.5 Å². The minimum Gasteiger partial charge on any atom is -0.0620 e. The van der Waals surface area contributed by atoms with Gasteiger partial charge in [0.15, 0.2) is 0 Å². The molecule has 3 saturated carbocycles. The van der Waals surface area contributed by atoms with Gasteiger partial charge in [-0.3, -0.25) is 0 Å². The smallest absolute Gasteiger partial charge is 0.0119 e. The third kappa shape index (κ3) is 0.752. The topological polar surface area (TPSA) is 0 Å². The number of rotatable bonds is 0. The summed E-state index contributed by atoms with van der Waals surface area (Å²) in [4.78, 5) is 0. The zero-order valence-corrected chi connectivity index (χ0v) is 9.60. The molecule has 0 heterocycles. The summed E-state index contributed by atoms with van der Waals surface area (Å²) in [6.07, 6.45) is 6.19. The van der Waals surface area contributed by atoms with Crippen LogP contribution in [0.3, 0.4) is 0 Å². The van der Waals surface area contributed by atoms with E-state index in [2.05, 4.69) is 24.3 Å². The van der Waals surface area contributed by atoms with E-state index in [1.54, 1.807) is 30.4 Å². The van der Waals surface area contributed by atoms with Crippen LogP contribution in [0.1, 0.15) is 48.6 Å². The minimum absolute atomic E-state index is 0.960. The van der Waals surface area contributed by atoms with Crippen molar-refractivity contribution < 1.29 is 0 Å². The molecule has 82 valence electrons. The van der Waals surface area contributed by atoms with E-state index in [1.165, 1.54) is 6.42 Å². The molecule has 1 aromatic carbocycles. The van der Waals surface area contributed by atoms with Crippen molar-refractivity contribution in [1.29, 1.82) is 0 Å². The molecule has 0 unspecified atom stereocenters. The van der Waals surface area contributed by atoms with Gasteiger partial charge in [0.25, 0.3) is 0 Å². The fourth-order valence-electron chi connectivity index (χ4n) is 6.02. The van der Waals surface area contributed by atoms with Crippen molar-refractivity contribution in [3.8, 4) is 0 Å². The highest BCUT2D eigenvalue weighted by molar-refractivity contribution is 5.44. The Morgan fingerprint density at radius 3 is 1.88 bits per heavy atom. The van der Waals surface area contributed by atoms with Crippen LogP contribution in [0.5, 0.6) is 0 Å². The largest absolute Gasteiger partial charge is 0.0620 e. The van der Waals surface area contributed by atoms with Crippen LogP contribution in [-0.4, -0.2) is 0 Å². The lowest BCUT2D eigenvalue weighted by atomic mass is 9.69. The van der Waals surface area contributed by atoms with Gasteiger partial charge in [-0.15, -0.1) is 0 Å². The van der Waals surface area contributed by atoms with Crippen LogP contribution < -0.4 is 0 Å². The van der Waals surface area contributed by atoms with E-state index < -0.39 is 0 Å². The molecule has 6 atom stereocenters. The van der Waals surface area contributed by atoms with E-state index in [9.17, 15) is 0 Å². The van der Waals surface area contributed by atoms with Gasteiger partial charge in [-0.05, 0) is 72.3 Å². The first kappa shape index (κ1) is 8.33. The summed E-state index contributed by atoms with van der Waals surface area (Å²) in [5.74, 6) is 6.33. The first-order valence-corrected chi connectivity index (χ1v) is 7.02. The van der Waals surface area contributed by atoms with E-state index in [1.807, 2.05) is 0 Å². The van der Waals surface area contributed by atoms with Crippen molar-refractivity contribution in [2.75, 3.05) is 0 Å². The molecule has 0 radical (unpaired) electrons. The van der Waals surface area contributed by atoms with Crippen LogP contribution in [0.15, 0.2) is 24.3 Å². The molecule has 0 aromatic heterocycles. The highest BCUT2D eigenvalue weighted by Crippen LogP contribution is 2.71. The molecule has 0 heteroatoms. The van der Waals surface area contributed by atoms with Gasteiger partial charge in [0.2, 0.25) is 0 Å². The Balaban J connectivity index is 1.71. The molecule has 0 nitrogen and oxygen atoms in total. The lowest BCUT2D eigenvalue weighted by Gasteiger charge is -2.35. The summed E-state index contributed by atoms with van der Waals surface area (Å²) >= 11 is 0. The van der Waals surface area contributed by atoms with Crippen molar-refractivity contribution in [1.82, 2.24) is 0 Å². The van der Waals surface area contributed by atoms with E-state index in [4.69, 9.17) is 0 Å². The summed E-state index contributed by atoms with van der Waals surface area (Å²) in [5.41, 5.74) is 3.47. The van der Waals surface area contributed by atoms with Gasteiger partial charge in [-0.2, -0.15) is 0 Å². The monoisotopic (exact) mass is 210 g/mol. The van der Waals surface area contributed by atoms with Crippen molar-refractivity contribution in [2.24, 2.45) is 23.7 Å². The Kier molecular flexibility index (Phi) is 1.33. The standard InChI is InChI=1S/C16H18/c1-2-4-12-11(3-1)13-8-14(12)16-10-6-5-9(7-10)15(13)16/h1-4,9-10,13-16H,5-8H2/t9-,10-,13+,14+,15-,16-/m1/s1. The van der Waals surface area contributed by atoms with Gasteiger partial charge in [-0.1, -0.05) is 24.3 Å². The Labute approximate surface area is 97.1 Å². The quantitative estimate of drug-likeness (QED) is 0.569. The van der Waals surface area contributed by atoms with Crippen LogP contribution in [0.2, 0.25) is 0 Å².